The van der Waals surface area contributed by atoms with Crippen LogP contribution in [0.1, 0.15) is 5.56 Å². The first kappa shape index (κ1) is 23.2. The van der Waals surface area contributed by atoms with Crippen molar-refractivity contribution in [2.24, 2.45) is 0 Å². The van der Waals surface area contributed by atoms with E-state index >= 15 is 0 Å². The van der Waals surface area contributed by atoms with E-state index in [4.69, 9.17) is 23.2 Å². The Morgan fingerprint density at radius 2 is 1.70 bits per heavy atom. The normalized spacial score (nSPS) is 11.6. The van der Waals surface area contributed by atoms with Crippen LogP contribution in [0.4, 0.5) is 14.5 Å². The lowest BCUT2D eigenvalue weighted by Gasteiger charge is -2.08. The number of hydrogen-bond acceptors (Lipinski definition) is 3. The average Bonchev–Trinajstić information content (AvgIpc) is 3.13. The van der Waals surface area contributed by atoms with Gasteiger partial charge in [-0.3, -0.25) is 4.79 Å². The summed E-state index contributed by atoms with van der Waals surface area (Å²) in [6.45, 7) is -0.217. The Morgan fingerprint density at radius 1 is 0.939 bits per heavy atom. The number of para-hydroxylation sites is 1. The van der Waals surface area contributed by atoms with Crippen molar-refractivity contribution in [3.63, 3.8) is 0 Å². The average molecular weight is 509 g/mol. The van der Waals surface area contributed by atoms with E-state index in [1.807, 2.05) is 0 Å². The van der Waals surface area contributed by atoms with Crippen LogP contribution < -0.4 is 5.32 Å². The molecule has 0 bridgehead atoms. The van der Waals surface area contributed by atoms with Crippen molar-refractivity contribution in [3.8, 4) is 0 Å². The quantitative estimate of drug-likeness (QED) is 0.355. The topological polar surface area (TPSA) is 68.2 Å². The maximum atomic E-state index is 14.2. The Hall–Kier alpha value is -2.94. The molecule has 0 unspecified atom stereocenters. The van der Waals surface area contributed by atoms with E-state index in [9.17, 15) is 22.0 Å². The molecule has 0 fully saturated rings. The van der Waals surface area contributed by atoms with Gasteiger partial charge in [0.1, 0.15) is 18.2 Å². The zero-order chi connectivity index (χ0) is 23.8. The second-order valence-corrected chi connectivity index (χ2v) is 10.0. The van der Waals surface area contributed by atoms with Crippen molar-refractivity contribution in [1.82, 2.24) is 4.57 Å². The predicted octanol–water partition coefficient (Wildman–Crippen LogP) is 5.84. The molecule has 0 saturated carbocycles. The molecule has 1 aromatic heterocycles. The van der Waals surface area contributed by atoms with Gasteiger partial charge in [-0.2, -0.15) is 0 Å². The summed E-state index contributed by atoms with van der Waals surface area (Å²) in [5, 5.41) is 2.86. The van der Waals surface area contributed by atoms with Crippen LogP contribution in [0.15, 0.2) is 71.8 Å². The van der Waals surface area contributed by atoms with Gasteiger partial charge >= 0.3 is 0 Å². The summed E-state index contributed by atoms with van der Waals surface area (Å²) in [6.07, 6.45) is 1.34. The molecular formula is C23H16Cl2F2N2O3S. The smallest absolute Gasteiger partial charge is 0.244 e. The number of nitrogens with zero attached hydrogens (tertiary/aromatic N) is 1. The molecule has 33 heavy (non-hydrogen) atoms. The Labute approximate surface area is 198 Å². The lowest BCUT2D eigenvalue weighted by Crippen LogP contribution is -2.18. The number of benzene rings is 3. The second-order valence-electron chi connectivity index (χ2n) is 7.27. The molecular weight excluding hydrogens is 493 g/mol. The highest BCUT2D eigenvalue weighted by Crippen LogP contribution is 2.30. The van der Waals surface area contributed by atoms with Crippen LogP contribution in [0.25, 0.3) is 10.9 Å². The van der Waals surface area contributed by atoms with Gasteiger partial charge in [-0.15, -0.1) is 0 Å². The molecule has 3 aromatic carbocycles. The van der Waals surface area contributed by atoms with Crippen LogP contribution in [-0.2, 0) is 26.9 Å². The van der Waals surface area contributed by atoms with E-state index in [0.717, 1.165) is 12.1 Å². The molecule has 1 amide bonds. The van der Waals surface area contributed by atoms with Gasteiger partial charge in [-0.25, -0.2) is 17.2 Å². The fourth-order valence-electron chi connectivity index (χ4n) is 3.46. The van der Waals surface area contributed by atoms with Crippen molar-refractivity contribution in [2.45, 2.75) is 17.2 Å². The highest BCUT2D eigenvalue weighted by atomic mass is 35.5. The van der Waals surface area contributed by atoms with Gasteiger partial charge in [-0.05, 0) is 36.4 Å². The number of carbonyl (C=O) groups excluding carboxylic acids is 1. The van der Waals surface area contributed by atoms with Gasteiger partial charge in [0.05, 0.1) is 15.7 Å². The highest BCUT2D eigenvalue weighted by molar-refractivity contribution is 7.90. The van der Waals surface area contributed by atoms with Crippen LogP contribution in [0, 0.1) is 11.6 Å². The number of sulfone groups is 1. The molecule has 1 heterocycles. The molecule has 5 nitrogen and oxygen atoms in total. The van der Waals surface area contributed by atoms with Crippen molar-refractivity contribution < 1.29 is 22.0 Å². The summed E-state index contributed by atoms with van der Waals surface area (Å²) < 4.78 is 55.4. The van der Waals surface area contributed by atoms with Crippen molar-refractivity contribution in [2.75, 3.05) is 5.32 Å². The van der Waals surface area contributed by atoms with Gasteiger partial charge in [0.15, 0.2) is 9.84 Å². The Kier molecular flexibility index (Phi) is 6.43. The molecule has 0 saturated heterocycles. The molecule has 1 N–H and O–H groups in total. The van der Waals surface area contributed by atoms with Gasteiger partial charge in [0.25, 0.3) is 0 Å². The van der Waals surface area contributed by atoms with E-state index in [1.165, 1.54) is 35.0 Å². The molecule has 4 rings (SSSR count). The third-order valence-corrected chi connectivity index (χ3v) is 7.31. The van der Waals surface area contributed by atoms with Crippen LogP contribution in [0.2, 0.25) is 10.0 Å². The minimum absolute atomic E-state index is 0.0136. The summed E-state index contributed by atoms with van der Waals surface area (Å²) in [5.41, 5.74) is 0.676. The van der Waals surface area contributed by atoms with Crippen molar-refractivity contribution in [1.29, 1.82) is 0 Å². The monoisotopic (exact) mass is 508 g/mol. The maximum absolute atomic E-state index is 14.2. The van der Waals surface area contributed by atoms with E-state index in [1.54, 1.807) is 24.3 Å². The summed E-state index contributed by atoms with van der Waals surface area (Å²) in [5.74, 6) is -2.44. The fourth-order valence-corrected chi connectivity index (χ4v) is 5.57. The number of hydrogen-bond donors (Lipinski definition) is 1. The zero-order valence-corrected chi connectivity index (χ0v) is 19.2. The van der Waals surface area contributed by atoms with E-state index in [2.05, 4.69) is 5.32 Å². The summed E-state index contributed by atoms with van der Waals surface area (Å²) in [4.78, 5) is 12.5. The first-order valence-electron chi connectivity index (χ1n) is 9.64. The molecule has 0 radical (unpaired) electrons. The predicted molar refractivity (Wildman–Crippen MR) is 124 cm³/mol. The number of aromatic nitrogens is 1. The Bertz CT molecular complexity index is 1470. The van der Waals surface area contributed by atoms with Gasteiger partial charge in [0.2, 0.25) is 5.91 Å². The Morgan fingerprint density at radius 3 is 2.42 bits per heavy atom. The third-order valence-electron chi connectivity index (χ3n) is 5.00. The number of nitrogens with one attached hydrogen (secondary N) is 1. The first-order valence-corrected chi connectivity index (χ1v) is 12.0. The minimum atomic E-state index is -4.01. The SMILES string of the molecule is O=C(Cn1cc(S(=O)(=O)Cc2c(F)cccc2Cl)c2ccccc21)Nc1ccc(F)c(Cl)c1. The van der Waals surface area contributed by atoms with Gasteiger partial charge in [0, 0.05) is 33.4 Å². The molecule has 0 aliphatic carbocycles. The zero-order valence-electron chi connectivity index (χ0n) is 16.9. The van der Waals surface area contributed by atoms with Crippen molar-refractivity contribution in [3.05, 3.63) is 94.1 Å². The number of anilines is 1. The molecule has 0 aliphatic rings. The second kappa shape index (κ2) is 9.13. The fraction of sp³-hybridized carbons (Fsp3) is 0.0870. The number of carbonyl (C=O) groups is 1. The van der Waals surface area contributed by atoms with Crippen LogP contribution >= 0.6 is 23.2 Å². The van der Waals surface area contributed by atoms with Gasteiger partial charge < -0.3 is 9.88 Å². The number of halogens is 4. The largest absolute Gasteiger partial charge is 0.337 e. The van der Waals surface area contributed by atoms with Crippen molar-refractivity contribution >= 4 is 55.5 Å². The maximum Gasteiger partial charge on any atom is 0.244 e. The van der Waals surface area contributed by atoms with E-state index in [0.29, 0.717) is 16.6 Å². The minimum Gasteiger partial charge on any atom is -0.337 e. The van der Waals surface area contributed by atoms with E-state index < -0.39 is 33.1 Å². The summed E-state index contributed by atoms with van der Waals surface area (Å²) in [6, 6.07) is 14.4. The lowest BCUT2D eigenvalue weighted by molar-refractivity contribution is -0.116. The molecule has 170 valence electrons. The third kappa shape index (κ3) is 4.88. The number of amides is 1. The molecule has 0 atom stereocenters. The Balaban J connectivity index is 1.66. The van der Waals surface area contributed by atoms with E-state index in [-0.39, 0.29) is 27.0 Å². The molecule has 0 aliphatic heterocycles. The lowest BCUT2D eigenvalue weighted by atomic mass is 10.2. The first-order chi connectivity index (χ1) is 15.7. The number of fused-ring (bicyclic) bond motifs is 1. The highest BCUT2D eigenvalue weighted by Gasteiger charge is 2.25. The summed E-state index contributed by atoms with van der Waals surface area (Å²) >= 11 is 11.8. The van der Waals surface area contributed by atoms with Crippen LogP contribution in [-0.4, -0.2) is 18.9 Å². The standard InChI is InChI=1S/C23H16Cl2F2N2O3S/c24-17-5-3-6-19(26)16(17)13-33(31,32)22-11-29(21-7-2-1-4-15(21)22)12-23(30)28-14-8-9-20(27)18(25)10-14/h1-11H,12-13H2,(H,28,30). The van der Waals surface area contributed by atoms with Crippen LogP contribution in [0.3, 0.4) is 0 Å². The molecule has 0 spiro atoms. The number of rotatable bonds is 6. The molecule has 4 aromatic rings. The molecule has 10 heteroatoms. The van der Waals surface area contributed by atoms with Gasteiger partial charge in [-0.1, -0.05) is 47.5 Å². The van der Waals surface area contributed by atoms with Crippen LogP contribution in [0.5, 0.6) is 0 Å². The summed E-state index contributed by atoms with van der Waals surface area (Å²) in [7, 11) is -4.01.